The zero-order chi connectivity index (χ0) is 12.9. The largest absolute Gasteiger partial charge is 0.382 e. The SMILES string of the molecule is Cc1c(-c2cc(N)n[nH]2)c2ccc(Cl)cc2n1C. The Hall–Kier alpha value is -1.94. The summed E-state index contributed by atoms with van der Waals surface area (Å²) >= 11 is 6.05. The molecule has 0 atom stereocenters. The number of anilines is 1. The monoisotopic (exact) mass is 260 g/mol. The minimum atomic E-state index is 0.496. The van der Waals surface area contributed by atoms with E-state index in [0.29, 0.717) is 5.82 Å². The molecule has 0 aliphatic rings. The van der Waals surface area contributed by atoms with Crippen LogP contribution >= 0.6 is 11.6 Å². The summed E-state index contributed by atoms with van der Waals surface area (Å²) in [4.78, 5) is 0. The molecule has 4 nitrogen and oxygen atoms in total. The summed E-state index contributed by atoms with van der Waals surface area (Å²) in [5, 5.41) is 8.82. The number of halogens is 1. The number of nitrogens with zero attached hydrogens (tertiary/aromatic N) is 2. The molecule has 0 fully saturated rings. The van der Waals surface area contributed by atoms with Gasteiger partial charge in [-0.3, -0.25) is 5.10 Å². The number of nitrogens with two attached hydrogens (primary N) is 1. The first-order valence-electron chi connectivity index (χ1n) is 5.63. The van der Waals surface area contributed by atoms with Crippen LogP contribution in [0.5, 0.6) is 0 Å². The number of aromatic amines is 1. The number of H-pyrrole nitrogens is 1. The molecule has 1 aromatic carbocycles. The molecule has 3 rings (SSSR count). The van der Waals surface area contributed by atoms with E-state index in [9.17, 15) is 0 Å². The minimum Gasteiger partial charge on any atom is -0.382 e. The molecule has 5 heteroatoms. The lowest BCUT2D eigenvalue weighted by Crippen LogP contribution is -1.90. The van der Waals surface area contributed by atoms with Crippen molar-refractivity contribution in [2.24, 2.45) is 7.05 Å². The standard InChI is InChI=1S/C13H13ClN4/c1-7-13(10-6-12(15)17-16-10)9-4-3-8(14)5-11(9)18(7)2/h3-6H,1-2H3,(H3,15,16,17). The zero-order valence-electron chi connectivity index (χ0n) is 10.2. The third-order valence-electron chi connectivity index (χ3n) is 3.32. The van der Waals surface area contributed by atoms with Gasteiger partial charge in [-0.1, -0.05) is 17.7 Å². The lowest BCUT2D eigenvalue weighted by atomic mass is 10.1. The fourth-order valence-electron chi connectivity index (χ4n) is 2.34. The number of fused-ring (bicyclic) bond motifs is 1. The number of hydrogen-bond acceptors (Lipinski definition) is 2. The first-order chi connectivity index (χ1) is 8.58. The molecule has 0 saturated carbocycles. The molecule has 0 aliphatic heterocycles. The maximum Gasteiger partial charge on any atom is 0.145 e. The van der Waals surface area contributed by atoms with E-state index >= 15 is 0 Å². The molecule has 0 saturated heterocycles. The number of benzene rings is 1. The van der Waals surface area contributed by atoms with E-state index in [-0.39, 0.29) is 0 Å². The number of nitrogens with one attached hydrogen (secondary N) is 1. The maximum atomic E-state index is 6.05. The Labute approximate surface area is 109 Å². The van der Waals surface area contributed by atoms with Crippen molar-refractivity contribution in [3.05, 3.63) is 35.0 Å². The van der Waals surface area contributed by atoms with Gasteiger partial charge in [-0.2, -0.15) is 5.10 Å². The minimum absolute atomic E-state index is 0.496. The number of aryl methyl sites for hydroxylation is 1. The third kappa shape index (κ3) is 1.49. The Morgan fingerprint density at radius 1 is 1.33 bits per heavy atom. The summed E-state index contributed by atoms with van der Waals surface area (Å²) in [6.07, 6.45) is 0. The summed E-state index contributed by atoms with van der Waals surface area (Å²) in [6, 6.07) is 7.73. The maximum absolute atomic E-state index is 6.05. The van der Waals surface area contributed by atoms with Gasteiger partial charge in [0.2, 0.25) is 0 Å². The Balaban J connectivity index is 2.39. The van der Waals surface area contributed by atoms with Crippen molar-refractivity contribution in [2.75, 3.05) is 5.73 Å². The average molecular weight is 261 g/mol. The van der Waals surface area contributed by atoms with Crippen LogP contribution < -0.4 is 5.73 Å². The Bertz CT molecular complexity index is 739. The van der Waals surface area contributed by atoms with Crippen LogP contribution in [0.15, 0.2) is 24.3 Å². The van der Waals surface area contributed by atoms with Crippen molar-refractivity contribution in [1.82, 2.24) is 14.8 Å². The highest BCUT2D eigenvalue weighted by molar-refractivity contribution is 6.31. The van der Waals surface area contributed by atoms with Gasteiger partial charge in [0, 0.05) is 34.8 Å². The molecule has 3 aromatic rings. The van der Waals surface area contributed by atoms with Gasteiger partial charge in [-0.05, 0) is 19.1 Å². The van der Waals surface area contributed by atoms with E-state index in [1.807, 2.05) is 31.3 Å². The Morgan fingerprint density at radius 2 is 2.11 bits per heavy atom. The first-order valence-corrected chi connectivity index (χ1v) is 6.01. The summed E-state index contributed by atoms with van der Waals surface area (Å²) in [7, 11) is 2.03. The number of rotatable bonds is 1. The summed E-state index contributed by atoms with van der Waals surface area (Å²) in [5.74, 6) is 0.496. The second-order valence-electron chi connectivity index (χ2n) is 4.39. The van der Waals surface area contributed by atoms with Gasteiger partial charge >= 0.3 is 0 Å². The quantitative estimate of drug-likeness (QED) is 0.706. The van der Waals surface area contributed by atoms with Crippen LogP contribution in [0.1, 0.15) is 5.69 Å². The van der Waals surface area contributed by atoms with Crippen molar-refractivity contribution in [1.29, 1.82) is 0 Å². The van der Waals surface area contributed by atoms with E-state index in [4.69, 9.17) is 17.3 Å². The van der Waals surface area contributed by atoms with Crippen molar-refractivity contribution < 1.29 is 0 Å². The van der Waals surface area contributed by atoms with Gasteiger partial charge in [-0.25, -0.2) is 0 Å². The van der Waals surface area contributed by atoms with E-state index in [0.717, 1.165) is 32.9 Å². The third-order valence-corrected chi connectivity index (χ3v) is 3.56. The van der Waals surface area contributed by atoms with Gasteiger partial charge in [0.15, 0.2) is 0 Å². The van der Waals surface area contributed by atoms with E-state index in [1.165, 1.54) is 0 Å². The number of hydrogen-bond donors (Lipinski definition) is 2. The normalized spacial score (nSPS) is 11.3. The van der Waals surface area contributed by atoms with Crippen LogP contribution in [-0.2, 0) is 7.05 Å². The molecule has 0 unspecified atom stereocenters. The molecule has 2 heterocycles. The van der Waals surface area contributed by atoms with Gasteiger partial charge < -0.3 is 10.3 Å². The predicted octanol–water partition coefficient (Wildman–Crippen LogP) is 3.11. The van der Waals surface area contributed by atoms with Gasteiger partial charge in [0.1, 0.15) is 5.82 Å². The van der Waals surface area contributed by atoms with E-state index in [2.05, 4.69) is 21.7 Å². The fraction of sp³-hybridized carbons (Fsp3) is 0.154. The van der Waals surface area contributed by atoms with Crippen LogP contribution in [0.2, 0.25) is 5.02 Å². The van der Waals surface area contributed by atoms with E-state index < -0.39 is 0 Å². The Kier molecular flexibility index (Phi) is 2.35. The highest BCUT2D eigenvalue weighted by atomic mass is 35.5. The molecular formula is C13H13ClN4. The predicted molar refractivity (Wildman–Crippen MR) is 74.7 cm³/mol. The molecule has 18 heavy (non-hydrogen) atoms. The van der Waals surface area contributed by atoms with Crippen LogP contribution in [0.4, 0.5) is 5.82 Å². The van der Waals surface area contributed by atoms with Crippen molar-refractivity contribution in [3.8, 4) is 11.3 Å². The highest BCUT2D eigenvalue weighted by Gasteiger charge is 2.15. The van der Waals surface area contributed by atoms with Crippen LogP contribution in [0.3, 0.4) is 0 Å². The molecule has 3 N–H and O–H groups in total. The van der Waals surface area contributed by atoms with Gasteiger partial charge in [0.05, 0.1) is 11.2 Å². The fourth-order valence-corrected chi connectivity index (χ4v) is 2.51. The summed E-state index contributed by atoms with van der Waals surface area (Å²) < 4.78 is 2.12. The molecule has 0 amide bonds. The molecule has 0 aliphatic carbocycles. The first kappa shape index (κ1) is 11.2. The second kappa shape index (κ2) is 3.78. The van der Waals surface area contributed by atoms with Crippen molar-refractivity contribution in [2.45, 2.75) is 6.92 Å². The summed E-state index contributed by atoms with van der Waals surface area (Å²) in [6.45, 7) is 2.07. The van der Waals surface area contributed by atoms with Crippen molar-refractivity contribution in [3.63, 3.8) is 0 Å². The smallest absolute Gasteiger partial charge is 0.145 e. The second-order valence-corrected chi connectivity index (χ2v) is 4.82. The molecule has 92 valence electrons. The number of aromatic nitrogens is 3. The average Bonchev–Trinajstić information content (AvgIpc) is 2.85. The zero-order valence-corrected chi connectivity index (χ0v) is 10.9. The topological polar surface area (TPSA) is 59.6 Å². The van der Waals surface area contributed by atoms with Crippen LogP contribution in [0, 0.1) is 6.92 Å². The molecule has 0 spiro atoms. The van der Waals surface area contributed by atoms with Gasteiger partial charge in [-0.15, -0.1) is 0 Å². The van der Waals surface area contributed by atoms with Crippen LogP contribution in [-0.4, -0.2) is 14.8 Å². The lowest BCUT2D eigenvalue weighted by molar-refractivity contribution is 0.918. The Morgan fingerprint density at radius 3 is 2.78 bits per heavy atom. The van der Waals surface area contributed by atoms with Crippen molar-refractivity contribution >= 4 is 28.3 Å². The van der Waals surface area contributed by atoms with E-state index in [1.54, 1.807) is 0 Å². The number of nitrogen functional groups attached to an aromatic ring is 1. The van der Waals surface area contributed by atoms with Crippen LogP contribution in [0.25, 0.3) is 22.2 Å². The van der Waals surface area contributed by atoms with Gasteiger partial charge in [0.25, 0.3) is 0 Å². The summed E-state index contributed by atoms with van der Waals surface area (Å²) in [5.41, 5.74) is 9.97. The highest BCUT2D eigenvalue weighted by Crippen LogP contribution is 2.34. The molecule has 0 radical (unpaired) electrons. The lowest BCUT2D eigenvalue weighted by Gasteiger charge is -1.99. The molecular weight excluding hydrogens is 248 g/mol. The molecule has 2 aromatic heterocycles. The molecule has 0 bridgehead atoms.